The van der Waals surface area contributed by atoms with Gasteiger partial charge in [0.05, 0.1) is 18.4 Å². The molecule has 0 atom stereocenters. The van der Waals surface area contributed by atoms with Gasteiger partial charge in [0.1, 0.15) is 6.54 Å². The normalized spacial score (nSPS) is 13.5. The van der Waals surface area contributed by atoms with Gasteiger partial charge in [0.15, 0.2) is 6.61 Å². The standard InChI is InChI=1S/C18H21N3O7/c1-20-10-15(23)21(18(20)26)9-5-8-16(24)28-11-14(22)19-13-7-4-3-6-12(13)17(25)27-2/h3-4,6-7H,5,8-11H2,1-2H3,(H,19,22). The molecule has 10 heteroatoms. The third kappa shape index (κ3) is 5.29. The lowest BCUT2D eigenvalue weighted by molar-refractivity contribution is -0.147. The molecule has 0 bridgehead atoms. The van der Waals surface area contributed by atoms with E-state index in [2.05, 4.69) is 10.1 Å². The number of carbonyl (C=O) groups is 5. The fourth-order valence-electron chi connectivity index (χ4n) is 2.56. The molecule has 0 saturated carbocycles. The number of hydrogen-bond acceptors (Lipinski definition) is 7. The maximum Gasteiger partial charge on any atom is 0.339 e. The van der Waals surface area contributed by atoms with Crippen LogP contribution in [0.4, 0.5) is 10.5 Å². The Balaban J connectivity index is 1.74. The van der Waals surface area contributed by atoms with Crippen molar-refractivity contribution in [1.29, 1.82) is 0 Å². The summed E-state index contributed by atoms with van der Waals surface area (Å²) in [6.07, 6.45) is 0.184. The van der Waals surface area contributed by atoms with Crippen molar-refractivity contribution < 1.29 is 33.4 Å². The van der Waals surface area contributed by atoms with Gasteiger partial charge in [0.25, 0.3) is 5.91 Å². The van der Waals surface area contributed by atoms with Crippen LogP contribution >= 0.6 is 0 Å². The fraction of sp³-hybridized carbons (Fsp3) is 0.389. The van der Waals surface area contributed by atoms with Gasteiger partial charge in [-0.15, -0.1) is 0 Å². The Morgan fingerprint density at radius 3 is 2.54 bits per heavy atom. The molecule has 2 rings (SSSR count). The number of benzene rings is 1. The molecule has 1 N–H and O–H groups in total. The van der Waals surface area contributed by atoms with Gasteiger partial charge in [-0.2, -0.15) is 0 Å². The van der Waals surface area contributed by atoms with Crippen LogP contribution in [-0.2, 0) is 23.9 Å². The highest BCUT2D eigenvalue weighted by Gasteiger charge is 2.32. The SMILES string of the molecule is COC(=O)c1ccccc1NC(=O)COC(=O)CCCN1C(=O)CN(C)C1=O. The number of para-hydroxylation sites is 1. The van der Waals surface area contributed by atoms with Crippen LogP contribution in [0.5, 0.6) is 0 Å². The zero-order valence-electron chi connectivity index (χ0n) is 15.6. The largest absolute Gasteiger partial charge is 0.465 e. The predicted molar refractivity (Wildman–Crippen MR) is 96.3 cm³/mol. The second kappa shape index (κ2) is 9.49. The van der Waals surface area contributed by atoms with E-state index in [1.807, 2.05) is 0 Å². The molecule has 150 valence electrons. The second-order valence-electron chi connectivity index (χ2n) is 6.03. The first-order valence-corrected chi connectivity index (χ1v) is 8.51. The van der Waals surface area contributed by atoms with Crippen LogP contribution in [-0.4, -0.2) is 73.4 Å². The third-order valence-corrected chi connectivity index (χ3v) is 3.96. The lowest BCUT2D eigenvalue weighted by Gasteiger charge is -2.13. The molecule has 1 aliphatic heterocycles. The topological polar surface area (TPSA) is 122 Å². The minimum atomic E-state index is -0.635. The van der Waals surface area contributed by atoms with Crippen molar-refractivity contribution in [2.24, 2.45) is 0 Å². The number of nitrogens with zero attached hydrogens (tertiary/aromatic N) is 2. The number of urea groups is 1. The molecule has 1 aromatic rings. The highest BCUT2D eigenvalue weighted by molar-refractivity contribution is 6.02. The van der Waals surface area contributed by atoms with Crippen molar-refractivity contribution in [2.75, 3.05) is 39.2 Å². The van der Waals surface area contributed by atoms with Crippen LogP contribution in [0, 0.1) is 0 Å². The van der Waals surface area contributed by atoms with Crippen molar-refractivity contribution in [3.63, 3.8) is 0 Å². The van der Waals surface area contributed by atoms with Crippen molar-refractivity contribution >= 4 is 35.5 Å². The molecular formula is C18H21N3O7. The summed E-state index contributed by atoms with van der Waals surface area (Å²) in [5.41, 5.74) is 0.417. The van der Waals surface area contributed by atoms with Crippen LogP contribution < -0.4 is 5.32 Å². The highest BCUT2D eigenvalue weighted by atomic mass is 16.5. The average molecular weight is 391 g/mol. The van der Waals surface area contributed by atoms with Gasteiger partial charge in [0, 0.05) is 20.0 Å². The zero-order valence-corrected chi connectivity index (χ0v) is 15.6. The highest BCUT2D eigenvalue weighted by Crippen LogP contribution is 2.16. The van der Waals surface area contributed by atoms with Crippen molar-refractivity contribution in [3.05, 3.63) is 29.8 Å². The van der Waals surface area contributed by atoms with E-state index in [1.165, 1.54) is 31.2 Å². The van der Waals surface area contributed by atoms with E-state index in [9.17, 15) is 24.0 Å². The molecule has 1 fully saturated rings. The summed E-state index contributed by atoms with van der Waals surface area (Å²) >= 11 is 0. The fourth-order valence-corrected chi connectivity index (χ4v) is 2.56. The van der Waals surface area contributed by atoms with E-state index in [1.54, 1.807) is 12.1 Å². The molecule has 0 aromatic heterocycles. The molecule has 28 heavy (non-hydrogen) atoms. The van der Waals surface area contributed by atoms with Crippen LogP contribution in [0.3, 0.4) is 0 Å². The molecule has 0 radical (unpaired) electrons. The number of anilines is 1. The number of hydrogen-bond donors (Lipinski definition) is 1. The van der Waals surface area contributed by atoms with Gasteiger partial charge in [-0.05, 0) is 18.6 Å². The van der Waals surface area contributed by atoms with E-state index < -0.39 is 30.5 Å². The summed E-state index contributed by atoms with van der Waals surface area (Å²) in [5, 5.41) is 2.48. The van der Waals surface area contributed by atoms with E-state index in [4.69, 9.17) is 4.74 Å². The molecule has 1 aromatic carbocycles. The first-order valence-electron chi connectivity index (χ1n) is 8.51. The molecule has 0 spiro atoms. The number of likely N-dealkylation sites (N-methyl/N-ethyl adjacent to an activating group) is 1. The smallest absolute Gasteiger partial charge is 0.339 e. The molecular weight excluding hydrogens is 370 g/mol. The zero-order chi connectivity index (χ0) is 20.7. The molecule has 1 saturated heterocycles. The number of nitrogens with one attached hydrogen (secondary N) is 1. The van der Waals surface area contributed by atoms with Crippen LogP contribution in [0.2, 0.25) is 0 Å². The Morgan fingerprint density at radius 2 is 1.89 bits per heavy atom. The van der Waals surface area contributed by atoms with Crippen molar-refractivity contribution in [3.8, 4) is 0 Å². The van der Waals surface area contributed by atoms with E-state index >= 15 is 0 Å². The summed E-state index contributed by atoms with van der Waals surface area (Å²) < 4.78 is 9.51. The summed E-state index contributed by atoms with van der Waals surface area (Å²) in [5.74, 6) is -2.17. The summed E-state index contributed by atoms with van der Waals surface area (Å²) in [6.45, 7) is -0.398. The number of carbonyl (C=O) groups excluding carboxylic acids is 5. The first kappa shape index (κ1) is 20.9. The lowest BCUT2D eigenvalue weighted by Crippen LogP contribution is -2.32. The maximum atomic E-state index is 11.9. The van der Waals surface area contributed by atoms with Crippen molar-refractivity contribution in [2.45, 2.75) is 12.8 Å². The van der Waals surface area contributed by atoms with E-state index in [0.29, 0.717) is 0 Å². The van der Waals surface area contributed by atoms with Gasteiger partial charge in [-0.3, -0.25) is 19.3 Å². The van der Waals surface area contributed by atoms with Crippen LogP contribution in [0.1, 0.15) is 23.2 Å². The molecule has 10 nitrogen and oxygen atoms in total. The predicted octanol–water partition coefficient (Wildman–Crippen LogP) is 0.629. The van der Waals surface area contributed by atoms with Crippen LogP contribution in [0.25, 0.3) is 0 Å². The number of rotatable bonds is 8. The third-order valence-electron chi connectivity index (χ3n) is 3.96. The summed E-state index contributed by atoms with van der Waals surface area (Å²) in [7, 11) is 2.75. The van der Waals surface area contributed by atoms with E-state index in [-0.39, 0.29) is 43.1 Å². The van der Waals surface area contributed by atoms with E-state index in [0.717, 1.165) is 4.90 Å². The quantitative estimate of drug-likeness (QED) is 0.509. The summed E-state index contributed by atoms with van der Waals surface area (Å²) in [4.78, 5) is 61.0. The molecule has 0 unspecified atom stereocenters. The number of amides is 4. The number of esters is 2. The van der Waals surface area contributed by atoms with Gasteiger partial charge in [-0.1, -0.05) is 12.1 Å². The first-order chi connectivity index (χ1) is 13.3. The second-order valence-corrected chi connectivity index (χ2v) is 6.03. The Kier molecular flexibility index (Phi) is 7.08. The Labute approximate surface area is 161 Å². The molecule has 4 amide bonds. The average Bonchev–Trinajstić information content (AvgIpc) is 2.92. The van der Waals surface area contributed by atoms with Gasteiger partial charge in [0.2, 0.25) is 5.91 Å². The Morgan fingerprint density at radius 1 is 1.18 bits per heavy atom. The Hall–Kier alpha value is -3.43. The minimum Gasteiger partial charge on any atom is -0.465 e. The number of imide groups is 1. The molecule has 1 heterocycles. The number of ether oxygens (including phenoxy) is 2. The van der Waals surface area contributed by atoms with Crippen molar-refractivity contribution in [1.82, 2.24) is 9.80 Å². The number of methoxy groups -OCH3 is 1. The molecule has 0 aliphatic carbocycles. The van der Waals surface area contributed by atoms with Gasteiger partial charge in [-0.25, -0.2) is 9.59 Å². The maximum absolute atomic E-state index is 11.9. The minimum absolute atomic E-state index is 0.0243. The van der Waals surface area contributed by atoms with Crippen LogP contribution in [0.15, 0.2) is 24.3 Å². The molecule has 1 aliphatic rings. The monoisotopic (exact) mass is 391 g/mol. The summed E-state index contributed by atoms with van der Waals surface area (Å²) in [6, 6.07) is 5.86. The van der Waals surface area contributed by atoms with Gasteiger partial charge >= 0.3 is 18.0 Å². The Bertz CT molecular complexity index is 793. The van der Waals surface area contributed by atoms with Gasteiger partial charge < -0.3 is 19.7 Å². The lowest BCUT2D eigenvalue weighted by atomic mass is 10.2.